The number of aromatic nitrogens is 2. The predicted octanol–water partition coefficient (Wildman–Crippen LogP) is 5.91. The molecule has 0 atom stereocenters. The average molecular weight is 609 g/mol. The number of pyridine rings is 1. The topological polar surface area (TPSA) is 99.0 Å². The van der Waals surface area contributed by atoms with Crippen LogP contribution in [0.4, 0.5) is 5.82 Å². The summed E-state index contributed by atoms with van der Waals surface area (Å²) in [5, 5.41) is 19.6. The molecule has 0 bridgehead atoms. The van der Waals surface area contributed by atoms with Crippen molar-refractivity contribution >= 4 is 44.9 Å². The van der Waals surface area contributed by atoms with Crippen molar-refractivity contribution in [1.82, 2.24) is 14.9 Å². The highest BCUT2D eigenvalue weighted by Gasteiger charge is 2.29. The molecule has 2 aliphatic rings. The van der Waals surface area contributed by atoms with Crippen LogP contribution < -0.4 is 4.90 Å². The minimum absolute atomic E-state index is 0.0559. The summed E-state index contributed by atoms with van der Waals surface area (Å²) in [6.45, 7) is 12.8. The molecule has 6 rings (SSSR count). The van der Waals surface area contributed by atoms with E-state index in [0.29, 0.717) is 11.1 Å². The lowest BCUT2D eigenvalue weighted by Gasteiger charge is -2.42. The minimum Gasteiger partial charge on any atom is -0.481 e. The number of piperazine rings is 1. The van der Waals surface area contributed by atoms with Crippen molar-refractivity contribution in [3.63, 3.8) is 0 Å². The molecule has 2 aromatic heterocycles. The first kappa shape index (κ1) is 30.4. The number of hydrogen-bond donors (Lipinski definition) is 2. The summed E-state index contributed by atoms with van der Waals surface area (Å²) >= 11 is 7.70. The molecule has 0 spiro atoms. The third-order valence-electron chi connectivity index (χ3n) is 7.20. The first-order valence-electron chi connectivity index (χ1n) is 14.1. The van der Waals surface area contributed by atoms with Crippen LogP contribution in [0.1, 0.15) is 31.9 Å². The van der Waals surface area contributed by atoms with Gasteiger partial charge in [-0.05, 0) is 74.7 Å². The second-order valence-corrected chi connectivity index (χ2v) is 13.2. The van der Waals surface area contributed by atoms with Crippen molar-refractivity contribution in [2.45, 2.75) is 45.8 Å². The van der Waals surface area contributed by atoms with Crippen LogP contribution >= 0.6 is 22.9 Å². The Kier molecular flexibility index (Phi) is 9.15. The fourth-order valence-electron chi connectivity index (χ4n) is 5.11. The summed E-state index contributed by atoms with van der Waals surface area (Å²) in [7, 11) is 0. The quantitative estimate of drug-likeness (QED) is 0.279. The van der Waals surface area contributed by atoms with Gasteiger partial charge in [-0.2, -0.15) is 0 Å². The highest BCUT2D eigenvalue weighted by molar-refractivity contribution is 7.22. The van der Waals surface area contributed by atoms with E-state index in [-0.39, 0.29) is 6.42 Å². The highest BCUT2D eigenvalue weighted by Crippen LogP contribution is 2.41. The number of carboxylic acid groups (broad SMARTS) is 1. The van der Waals surface area contributed by atoms with Crippen LogP contribution in [0.15, 0.2) is 48.5 Å². The van der Waals surface area contributed by atoms with Gasteiger partial charge in [0.05, 0.1) is 41.5 Å². The van der Waals surface area contributed by atoms with Crippen molar-refractivity contribution in [2.24, 2.45) is 0 Å². The van der Waals surface area contributed by atoms with Crippen LogP contribution in [0.25, 0.3) is 32.0 Å². The Hall–Kier alpha value is -3.08. The van der Waals surface area contributed by atoms with Gasteiger partial charge in [-0.15, -0.1) is 11.3 Å². The molecule has 8 nitrogen and oxygen atoms in total. The van der Waals surface area contributed by atoms with E-state index < -0.39 is 11.6 Å². The van der Waals surface area contributed by atoms with E-state index in [0.717, 1.165) is 88.4 Å². The highest BCUT2D eigenvalue weighted by atomic mass is 35.5. The maximum absolute atomic E-state index is 11.7. The molecule has 2 aliphatic heterocycles. The smallest absolute Gasteiger partial charge is 0.307 e. The van der Waals surface area contributed by atoms with Gasteiger partial charge in [-0.1, -0.05) is 29.8 Å². The van der Waals surface area contributed by atoms with Crippen LogP contribution in [0, 0.1) is 6.92 Å². The molecule has 0 radical (unpaired) electrons. The van der Waals surface area contributed by atoms with Crippen molar-refractivity contribution in [2.75, 3.05) is 44.3 Å². The number of ether oxygens (including phenoxy) is 1. The largest absolute Gasteiger partial charge is 0.481 e. The van der Waals surface area contributed by atoms with Crippen LogP contribution in [-0.2, 0) is 16.0 Å². The summed E-state index contributed by atoms with van der Waals surface area (Å²) in [6, 6.07) is 16.2. The van der Waals surface area contributed by atoms with Gasteiger partial charge >= 0.3 is 5.97 Å². The summed E-state index contributed by atoms with van der Waals surface area (Å²) < 4.78 is 6.32. The van der Waals surface area contributed by atoms with E-state index in [1.54, 1.807) is 32.1 Å². The molecule has 4 heterocycles. The number of hydrogen-bond acceptors (Lipinski definition) is 8. The first-order valence-corrected chi connectivity index (χ1v) is 15.3. The lowest BCUT2D eigenvalue weighted by Crippen LogP contribution is -2.56. The van der Waals surface area contributed by atoms with Crippen molar-refractivity contribution in [3.8, 4) is 21.8 Å². The third kappa shape index (κ3) is 7.27. The zero-order valence-electron chi connectivity index (χ0n) is 24.4. The number of aliphatic hydroxyl groups is 1. The van der Waals surface area contributed by atoms with Crippen LogP contribution in [0.3, 0.4) is 0 Å². The van der Waals surface area contributed by atoms with Gasteiger partial charge in [-0.3, -0.25) is 9.69 Å². The standard InChI is InChI=1S/C28H27ClN4O3S.C4H10O/c1-17-13-23-27(26(21(17)14-25(34)35)18-5-7-19(29)8-6-18)37-28(31-23)22-3-2-4-24(30-22)33-11-9-32(10-12-33)20-15-36-16-20;1-4(2,3)5/h2-8,13,20H,9-12,14-16H2,1H3,(H,34,35);5H,1-3H3. The number of carbonyl (C=O) groups is 1. The Morgan fingerprint density at radius 2 is 1.74 bits per heavy atom. The van der Waals surface area contributed by atoms with E-state index in [1.807, 2.05) is 49.4 Å². The lowest BCUT2D eigenvalue weighted by atomic mass is 9.93. The average Bonchev–Trinajstić information content (AvgIpc) is 3.32. The number of benzene rings is 2. The lowest BCUT2D eigenvalue weighted by molar-refractivity contribution is -0.136. The van der Waals surface area contributed by atoms with Gasteiger partial charge in [0.1, 0.15) is 16.5 Å². The normalized spacial score (nSPS) is 16.2. The Morgan fingerprint density at radius 3 is 2.33 bits per heavy atom. The first-order chi connectivity index (χ1) is 20.0. The molecule has 0 aliphatic carbocycles. The van der Waals surface area contributed by atoms with E-state index in [1.165, 1.54) is 0 Å². The monoisotopic (exact) mass is 608 g/mol. The Balaban J connectivity index is 0.000000652. The fourth-order valence-corrected chi connectivity index (χ4v) is 6.35. The number of carboxylic acids is 1. The molecule has 2 aromatic carbocycles. The summed E-state index contributed by atoms with van der Waals surface area (Å²) in [5.41, 5.74) is 4.72. The molecule has 2 N–H and O–H groups in total. The number of thiazole rings is 1. The van der Waals surface area contributed by atoms with Gasteiger partial charge in [0, 0.05) is 36.8 Å². The Morgan fingerprint density at radius 1 is 1.07 bits per heavy atom. The van der Waals surface area contributed by atoms with Gasteiger partial charge in [0.2, 0.25) is 0 Å². The maximum atomic E-state index is 11.7. The molecule has 2 fully saturated rings. The number of nitrogens with zero attached hydrogens (tertiary/aromatic N) is 4. The molecule has 10 heteroatoms. The van der Waals surface area contributed by atoms with E-state index in [2.05, 4.69) is 15.9 Å². The predicted molar refractivity (Wildman–Crippen MR) is 170 cm³/mol. The van der Waals surface area contributed by atoms with Gasteiger partial charge < -0.3 is 19.8 Å². The summed E-state index contributed by atoms with van der Waals surface area (Å²) in [4.78, 5) is 26.5. The van der Waals surface area contributed by atoms with E-state index in [9.17, 15) is 9.90 Å². The molecule has 222 valence electrons. The number of fused-ring (bicyclic) bond motifs is 1. The van der Waals surface area contributed by atoms with E-state index in [4.69, 9.17) is 31.4 Å². The van der Waals surface area contributed by atoms with E-state index >= 15 is 0 Å². The number of rotatable bonds is 6. The van der Waals surface area contributed by atoms with Crippen molar-refractivity contribution in [3.05, 3.63) is 64.7 Å². The molecule has 0 unspecified atom stereocenters. The van der Waals surface area contributed by atoms with Crippen molar-refractivity contribution in [1.29, 1.82) is 0 Å². The van der Waals surface area contributed by atoms with Crippen LogP contribution in [-0.4, -0.2) is 82.1 Å². The zero-order chi connectivity index (χ0) is 30.0. The zero-order valence-corrected chi connectivity index (χ0v) is 26.0. The summed E-state index contributed by atoms with van der Waals surface area (Å²) in [5.74, 6) is 0.101. The molecule has 2 saturated heterocycles. The van der Waals surface area contributed by atoms with Gasteiger partial charge in [0.15, 0.2) is 0 Å². The maximum Gasteiger partial charge on any atom is 0.307 e. The van der Waals surface area contributed by atoms with Crippen LogP contribution in [0.2, 0.25) is 5.02 Å². The second-order valence-electron chi connectivity index (χ2n) is 11.8. The molecule has 42 heavy (non-hydrogen) atoms. The number of anilines is 1. The van der Waals surface area contributed by atoms with Gasteiger partial charge in [0.25, 0.3) is 0 Å². The molecule has 0 saturated carbocycles. The molecule has 0 amide bonds. The molecular formula is C32H37ClN4O4S. The van der Waals surface area contributed by atoms with Crippen molar-refractivity contribution < 1.29 is 19.7 Å². The Bertz CT molecular complexity index is 1550. The van der Waals surface area contributed by atoms with Gasteiger partial charge in [-0.25, -0.2) is 9.97 Å². The second kappa shape index (κ2) is 12.7. The minimum atomic E-state index is -0.860. The number of halogens is 1. The Labute approximate surface area is 255 Å². The summed E-state index contributed by atoms with van der Waals surface area (Å²) in [6.07, 6.45) is -0.0559. The molecule has 4 aromatic rings. The van der Waals surface area contributed by atoms with Crippen LogP contribution in [0.5, 0.6) is 0 Å². The number of aryl methyl sites for hydroxylation is 1. The number of aliphatic carboxylic acids is 1. The third-order valence-corrected chi connectivity index (χ3v) is 8.56. The fraction of sp³-hybridized carbons (Fsp3) is 0.406. The molecular weight excluding hydrogens is 572 g/mol. The SMILES string of the molecule is CC(C)(C)O.Cc1cc2nc(-c3cccc(N4CCN(C5COC5)CC4)n3)sc2c(-c2ccc(Cl)cc2)c1CC(=O)O.